The summed E-state index contributed by atoms with van der Waals surface area (Å²) in [5.74, 6) is 2.33. The third kappa shape index (κ3) is 3.85. The van der Waals surface area contributed by atoms with Crippen LogP contribution in [0.5, 0.6) is 0 Å². The Bertz CT molecular complexity index is 873. The van der Waals surface area contributed by atoms with Gasteiger partial charge in [-0.25, -0.2) is 0 Å². The molecule has 2 heteroatoms. The number of hydrogen-bond acceptors (Lipinski definition) is 2. The Morgan fingerprint density at radius 2 is 1.62 bits per heavy atom. The molecule has 0 aromatic carbocycles. The maximum atomic E-state index is 11.8. The lowest BCUT2D eigenvalue weighted by Gasteiger charge is -2.64. The SMILES string of the molecule is CC(=O)O[C@H]1CCC2=C(CC[C@@H]3[C@@]2(C)CC[C@]2(C)[C@@H]([C@H](C)CCC=C(C)C)CC[C@@]32C)C1(C)C. The molecule has 0 unspecified atom stereocenters. The maximum Gasteiger partial charge on any atom is 0.302 e. The largest absolute Gasteiger partial charge is 0.462 e. The standard InChI is InChI=1S/C32H52O2/c1-21(2)11-10-12-22(3)24-17-18-32(9)27-15-13-25-26(30(27,7)19-20-31(24,32)8)14-16-28(29(25,5)6)34-23(4)33/h11,22,24,27-28H,10,12-20H2,1-9H3/t22-,24-,27-,28+,30+,31-,32+/m1/s1. The molecule has 0 spiro atoms. The van der Waals surface area contributed by atoms with E-state index < -0.39 is 0 Å². The summed E-state index contributed by atoms with van der Waals surface area (Å²) in [6, 6.07) is 0. The Hall–Kier alpha value is -1.05. The molecule has 2 nitrogen and oxygen atoms in total. The first-order valence-corrected chi connectivity index (χ1v) is 14.3. The van der Waals surface area contributed by atoms with Crippen LogP contribution >= 0.6 is 0 Å². The number of rotatable bonds is 5. The van der Waals surface area contributed by atoms with Gasteiger partial charge in [0.1, 0.15) is 6.10 Å². The Morgan fingerprint density at radius 1 is 0.941 bits per heavy atom. The predicted molar refractivity (Wildman–Crippen MR) is 142 cm³/mol. The van der Waals surface area contributed by atoms with Gasteiger partial charge in [0.05, 0.1) is 0 Å². The Labute approximate surface area is 210 Å². The van der Waals surface area contributed by atoms with Crippen LogP contribution in [0.25, 0.3) is 0 Å². The quantitative estimate of drug-likeness (QED) is 0.297. The fourth-order valence-corrected chi connectivity index (χ4v) is 9.84. The molecule has 0 radical (unpaired) electrons. The van der Waals surface area contributed by atoms with Crippen molar-refractivity contribution in [2.45, 2.75) is 133 Å². The molecule has 0 bridgehead atoms. The van der Waals surface area contributed by atoms with E-state index in [-0.39, 0.29) is 17.5 Å². The van der Waals surface area contributed by atoms with Crippen molar-refractivity contribution in [2.75, 3.05) is 0 Å². The number of hydrogen-bond donors (Lipinski definition) is 0. The fourth-order valence-electron chi connectivity index (χ4n) is 9.84. The van der Waals surface area contributed by atoms with Crippen LogP contribution in [-0.4, -0.2) is 12.1 Å². The highest BCUT2D eigenvalue weighted by Gasteiger charge is 2.66. The summed E-state index contributed by atoms with van der Waals surface area (Å²) in [4.78, 5) is 11.8. The summed E-state index contributed by atoms with van der Waals surface area (Å²) in [5.41, 5.74) is 6.05. The third-order valence-corrected chi connectivity index (χ3v) is 11.9. The fraction of sp³-hybridized carbons (Fsp3) is 0.844. The van der Waals surface area contributed by atoms with Gasteiger partial charge in [-0.1, -0.05) is 64.3 Å². The zero-order valence-corrected chi connectivity index (χ0v) is 23.8. The van der Waals surface area contributed by atoms with E-state index in [0.717, 1.165) is 30.6 Å². The lowest BCUT2D eigenvalue weighted by molar-refractivity contribution is -0.153. The van der Waals surface area contributed by atoms with Gasteiger partial charge in [0, 0.05) is 12.3 Å². The minimum absolute atomic E-state index is 0.0332. The summed E-state index contributed by atoms with van der Waals surface area (Å²) in [5, 5.41) is 0. The van der Waals surface area contributed by atoms with E-state index >= 15 is 0 Å². The molecule has 7 atom stereocenters. The zero-order chi connectivity index (χ0) is 25.1. The topological polar surface area (TPSA) is 26.3 Å². The highest BCUT2D eigenvalue weighted by Crippen LogP contribution is 2.74. The second-order valence-corrected chi connectivity index (χ2v) is 14.1. The van der Waals surface area contributed by atoms with Crippen molar-refractivity contribution >= 4 is 5.97 Å². The van der Waals surface area contributed by atoms with Crippen molar-refractivity contribution in [1.29, 1.82) is 0 Å². The minimum Gasteiger partial charge on any atom is -0.462 e. The monoisotopic (exact) mass is 468 g/mol. The molecule has 2 saturated carbocycles. The molecule has 0 heterocycles. The van der Waals surface area contributed by atoms with Crippen molar-refractivity contribution in [3.63, 3.8) is 0 Å². The van der Waals surface area contributed by atoms with Gasteiger partial charge in [-0.3, -0.25) is 4.79 Å². The zero-order valence-electron chi connectivity index (χ0n) is 23.8. The molecule has 34 heavy (non-hydrogen) atoms. The van der Waals surface area contributed by atoms with Crippen LogP contribution < -0.4 is 0 Å². The van der Waals surface area contributed by atoms with Gasteiger partial charge in [0.25, 0.3) is 0 Å². The molecular weight excluding hydrogens is 416 g/mol. The second kappa shape index (κ2) is 8.81. The molecule has 4 aliphatic carbocycles. The molecule has 0 saturated heterocycles. The normalized spacial score (nSPS) is 41.7. The van der Waals surface area contributed by atoms with Crippen LogP contribution in [0.1, 0.15) is 127 Å². The van der Waals surface area contributed by atoms with Crippen LogP contribution in [-0.2, 0) is 9.53 Å². The Morgan fingerprint density at radius 3 is 2.26 bits per heavy atom. The molecule has 0 N–H and O–H groups in total. The number of allylic oxidation sites excluding steroid dienone is 3. The van der Waals surface area contributed by atoms with Gasteiger partial charge in [-0.2, -0.15) is 0 Å². The van der Waals surface area contributed by atoms with E-state index in [4.69, 9.17) is 4.74 Å². The molecule has 0 aliphatic heterocycles. The summed E-state index contributed by atoms with van der Waals surface area (Å²) in [6.07, 6.45) is 15.2. The summed E-state index contributed by atoms with van der Waals surface area (Å²) >= 11 is 0. The smallest absolute Gasteiger partial charge is 0.302 e. The van der Waals surface area contributed by atoms with Crippen molar-refractivity contribution in [1.82, 2.24) is 0 Å². The number of fused-ring (bicyclic) bond motifs is 4. The van der Waals surface area contributed by atoms with E-state index in [1.807, 2.05) is 0 Å². The van der Waals surface area contributed by atoms with Crippen molar-refractivity contribution < 1.29 is 9.53 Å². The van der Waals surface area contributed by atoms with E-state index in [9.17, 15) is 4.79 Å². The Balaban J connectivity index is 1.62. The summed E-state index contributed by atoms with van der Waals surface area (Å²) in [6.45, 7) is 21.3. The molecule has 2 fully saturated rings. The molecule has 192 valence electrons. The van der Waals surface area contributed by atoms with Crippen molar-refractivity contribution in [3.05, 3.63) is 22.8 Å². The number of carbonyl (C=O) groups is 1. The third-order valence-electron chi connectivity index (χ3n) is 11.9. The molecular formula is C32H52O2. The number of carbonyl (C=O) groups excluding carboxylic acids is 1. The molecule has 0 amide bonds. The van der Waals surface area contributed by atoms with Crippen LogP contribution in [0, 0.1) is 39.4 Å². The van der Waals surface area contributed by atoms with Gasteiger partial charge >= 0.3 is 5.97 Å². The first-order chi connectivity index (χ1) is 15.8. The summed E-state index contributed by atoms with van der Waals surface area (Å²) in [7, 11) is 0. The minimum atomic E-state index is -0.126. The van der Waals surface area contributed by atoms with Crippen LogP contribution in [0.15, 0.2) is 22.8 Å². The molecule has 4 aliphatic rings. The van der Waals surface area contributed by atoms with Crippen LogP contribution in [0.2, 0.25) is 0 Å². The molecule has 0 aromatic heterocycles. The van der Waals surface area contributed by atoms with Gasteiger partial charge in [-0.15, -0.1) is 0 Å². The average molecular weight is 469 g/mol. The predicted octanol–water partition coefficient (Wildman–Crippen LogP) is 9.05. The highest BCUT2D eigenvalue weighted by atomic mass is 16.5. The lowest BCUT2D eigenvalue weighted by Crippen LogP contribution is -2.57. The van der Waals surface area contributed by atoms with Crippen LogP contribution in [0.3, 0.4) is 0 Å². The number of ether oxygens (including phenoxy) is 1. The van der Waals surface area contributed by atoms with E-state index in [1.165, 1.54) is 56.9 Å². The second-order valence-electron chi connectivity index (χ2n) is 14.1. The van der Waals surface area contributed by atoms with Gasteiger partial charge in [0.2, 0.25) is 0 Å². The van der Waals surface area contributed by atoms with Gasteiger partial charge < -0.3 is 4.74 Å². The summed E-state index contributed by atoms with van der Waals surface area (Å²) < 4.78 is 5.84. The van der Waals surface area contributed by atoms with Crippen LogP contribution in [0.4, 0.5) is 0 Å². The lowest BCUT2D eigenvalue weighted by atomic mass is 9.40. The molecule has 0 aromatic rings. The van der Waals surface area contributed by atoms with Crippen molar-refractivity contribution in [3.8, 4) is 0 Å². The van der Waals surface area contributed by atoms with E-state index in [0.29, 0.717) is 16.2 Å². The van der Waals surface area contributed by atoms with Crippen molar-refractivity contribution in [2.24, 2.45) is 39.4 Å². The number of esters is 1. The highest BCUT2D eigenvalue weighted by molar-refractivity contribution is 5.66. The van der Waals surface area contributed by atoms with E-state index in [1.54, 1.807) is 18.1 Å². The first kappa shape index (κ1) is 26.0. The maximum absolute atomic E-state index is 11.8. The van der Waals surface area contributed by atoms with Gasteiger partial charge in [-0.05, 0) is 112 Å². The van der Waals surface area contributed by atoms with E-state index in [2.05, 4.69) is 61.5 Å². The average Bonchev–Trinajstić information content (AvgIpc) is 3.01. The first-order valence-electron chi connectivity index (χ1n) is 14.3. The Kier molecular flexibility index (Phi) is 6.74. The van der Waals surface area contributed by atoms with Gasteiger partial charge in [0.15, 0.2) is 0 Å². The molecule has 4 rings (SSSR count).